The number of amides is 2. The second-order valence-electron chi connectivity index (χ2n) is 5.38. The summed E-state index contributed by atoms with van der Waals surface area (Å²) in [6.07, 6.45) is 3.76. The molecule has 0 radical (unpaired) electrons. The van der Waals surface area contributed by atoms with Crippen LogP contribution in [0, 0.1) is 0 Å². The van der Waals surface area contributed by atoms with Crippen LogP contribution < -0.4 is 4.90 Å². The van der Waals surface area contributed by atoms with Crippen LogP contribution in [0.5, 0.6) is 5.75 Å². The Hall–Kier alpha value is -2.04. The standard InChI is InChI=1S/C17H26N2O3/c1-4-6-12-19(13-7-5-2)17(22)16(21)18(3)14-8-10-15(20)11-9-14/h8-11,20H,4-7,12-13H2,1-3H3. The zero-order valence-corrected chi connectivity index (χ0v) is 13.7. The van der Waals surface area contributed by atoms with E-state index in [2.05, 4.69) is 13.8 Å². The number of hydrogen-bond donors (Lipinski definition) is 1. The minimum atomic E-state index is -0.544. The minimum absolute atomic E-state index is 0.128. The first-order chi connectivity index (χ1) is 10.5. The molecule has 0 atom stereocenters. The maximum atomic E-state index is 12.4. The Balaban J connectivity index is 2.78. The predicted molar refractivity (Wildman–Crippen MR) is 87.9 cm³/mol. The molecule has 22 heavy (non-hydrogen) atoms. The van der Waals surface area contributed by atoms with Gasteiger partial charge < -0.3 is 14.9 Å². The summed E-state index contributed by atoms with van der Waals surface area (Å²) in [7, 11) is 1.57. The van der Waals surface area contributed by atoms with Gasteiger partial charge in [-0.25, -0.2) is 0 Å². The highest BCUT2D eigenvalue weighted by molar-refractivity contribution is 6.40. The molecule has 0 fully saturated rings. The van der Waals surface area contributed by atoms with Crippen LogP contribution in [-0.4, -0.2) is 42.0 Å². The van der Waals surface area contributed by atoms with Gasteiger partial charge in [0.2, 0.25) is 0 Å². The third kappa shape index (κ3) is 5.06. The van der Waals surface area contributed by atoms with E-state index in [0.29, 0.717) is 18.8 Å². The van der Waals surface area contributed by atoms with Crippen LogP contribution in [-0.2, 0) is 9.59 Å². The SMILES string of the molecule is CCCCN(CCCC)C(=O)C(=O)N(C)c1ccc(O)cc1. The summed E-state index contributed by atoms with van der Waals surface area (Å²) in [6.45, 7) is 5.36. The molecule has 0 unspecified atom stereocenters. The number of rotatable bonds is 7. The first-order valence-corrected chi connectivity index (χ1v) is 7.87. The van der Waals surface area contributed by atoms with Gasteiger partial charge in [0.25, 0.3) is 0 Å². The van der Waals surface area contributed by atoms with Crippen molar-refractivity contribution in [2.45, 2.75) is 39.5 Å². The monoisotopic (exact) mass is 306 g/mol. The van der Waals surface area contributed by atoms with Crippen molar-refractivity contribution in [3.63, 3.8) is 0 Å². The van der Waals surface area contributed by atoms with Gasteiger partial charge in [-0.3, -0.25) is 9.59 Å². The molecule has 0 spiro atoms. The van der Waals surface area contributed by atoms with Gasteiger partial charge in [-0.15, -0.1) is 0 Å². The summed E-state index contributed by atoms with van der Waals surface area (Å²) in [5.74, 6) is -0.876. The number of aromatic hydroxyl groups is 1. The summed E-state index contributed by atoms with van der Waals surface area (Å²) >= 11 is 0. The molecule has 0 aliphatic heterocycles. The Kier molecular flexibility index (Phi) is 7.43. The molecule has 1 rings (SSSR count). The van der Waals surface area contributed by atoms with Gasteiger partial charge in [0.05, 0.1) is 0 Å². The van der Waals surface area contributed by atoms with Crippen LogP contribution >= 0.6 is 0 Å². The molecular weight excluding hydrogens is 280 g/mol. The second-order valence-corrected chi connectivity index (χ2v) is 5.38. The quantitative estimate of drug-likeness (QED) is 0.788. The fourth-order valence-electron chi connectivity index (χ4n) is 2.09. The fraction of sp³-hybridized carbons (Fsp3) is 0.529. The lowest BCUT2D eigenvalue weighted by atomic mass is 10.2. The van der Waals surface area contributed by atoms with Crippen LogP contribution in [0.25, 0.3) is 0 Å². The van der Waals surface area contributed by atoms with Crippen molar-refractivity contribution in [3.05, 3.63) is 24.3 Å². The maximum absolute atomic E-state index is 12.4. The molecule has 0 saturated carbocycles. The zero-order valence-electron chi connectivity index (χ0n) is 13.7. The maximum Gasteiger partial charge on any atom is 0.316 e. The Morgan fingerprint density at radius 2 is 1.45 bits per heavy atom. The average Bonchev–Trinajstić information content (AvgIpc) is 2.53. The number of phenols is 1. The highest BCUT2D eigenvalue weighted by atomic mass is 16.3. The van der Waals surface area contributed by atoms with E-state index in [1.807, 2.05) is 0 Å². The van der Waals surface area contributed by atoms with Gasteiger partial charge in [-0.2, -0.15) is 0 Å². The van der Waals surface area contributed by atoms with Crippen LogP contribution in [0.2, 0.25) is 0 Å². The number of benzene rings is 1. The highest BCUT2D eigenvalue weighted by Gasteiger charge is 2.25. The first-order valence-electron chi connectivity index (χ1n) is 7.87. The molecule has 0 aromatic heterocycles. The van der Waals surface area contributed by atoms with Gasteiger partial charge in [-0.05, 0) is 37.1 Å². The number of phenolic OH excluding ortho intramolecular Hbond substituents is 1. The van der Waals surface area contributed by atoms with E-state index in [-0.39, 0.29) is 5.75 Å². The van der Waals surface area contributed by atoms with Crippen molar-refractivity contribution in [2.24, 2.45) is 0 Å². The molecule has 0 bridgehead atoms. The molecule has 122 valence electrons. The summed E-state index contributed by atoms with van der Waals surface area (Å²) in [4.78, 5) is 27.8. The molecule has 0 heterocycles. The summed E-state index contributed by atoms with van der Waals surface area (Å²) in [6, 6.07) is 6.22. The smallest absolute Gasteiger partial charge is 0.316 e. The number of nitrogens with zero attached hydrogens (tertiary/aromatic N) is 2. The van der Waals surface area contributed by atoms with Crippen LogP contribution in [0.4, 0.5) is 5.69 Å². The van der Waals surface area contributed by atoms with E-state index in [9.17, 15) is 14.7 Å². The van der Waals surface area contributed by atoms with E-state index in [4.69, 9.17) is 0 Å². The molecule has 1 aromatic carbocycles. The van der Waals surface area contributed by atoms with E-state index in [1.165, 1.54) is 17.0 Å². The molecule has 0 aliphatic rings. The van der Waals surface area contributed by atoms with Gasteiger partial charge >= 0.3 is 11.8 Å². The van der Waals surface area contributed by atoms with Crippen molar-refractivity contribution < 1.29 is 14.7 Å². The van der Waals surface area contributed by atoms with Crippen molar-refractivity contribution in [3.8, 4) is 5.75 Å². The second kappa shape index (κ2) is 9.07. The number of likely N-dealkylation sites (N-methyl/N-ethyl adjacent to an activating group) is 1. The lowest BCUT2D eigenvalue weighted by Gasteiger charge is -2.25. The average molecular weight is 306 g/mol. The zero-order chi connectivity index (χ0) is 16.5. The highest BCUT2D eigenvalue weighted by Crippen LogP contribution is 2.17. The van der Waals surface area contributed by atoms with E-state index >= 15 is 0 Å². The predicted octanol–water partition coefficient (Wildman–Crippen LogP) is 2.78. The van der Waals surface area contributed by atoms with Crippen LogP contribution in [0.3, 0.4) is 0 Å². The fourth-order valence-corrected chi connectivity index (χ4v) is 2.09. The summed E-state index contributed by atoms with van der Waals surface area (Å²) in [5.41, 5.74) is 0.585. The molecule has 5 nitrogen and oxygen atoms in total. The normalized spacial score (nSPS) is 10.3. The van der Waals surface area contributed by atoms with Crippen LogP contribution in [0.1, 0.15) is 39.5 Å². The van der Waals surface area contributed by atoms with E-state index < -0.39 is 11.8 Å². The molecule has 0 aliphatic carbocycles. The van der Waals surface area contributed by atoms with Gasteiger partial charge in [0.1, 0.15) is 5.75 Å². The molecule has 1 N–H and O–H groups in total. The lowest BCUT2D eigenvalue weighted by molar-refractivity contribution is -0.144. The van der Waals surface area contributed by atoms with Gasteiger partial charge in [0, 0.05) is 25.8 Å². The number of carbonyl (C=O) groups excluding carboxylic acids is 2. The topological polar surface area (TPSA) is 60.9 Å². The molecule has 5 heteroatoms. The minimum Gasteiger partial charge on any atom is -0.508 e. The van der Waals surface area contributed by atoms with Gasteiger partial charge in [0.15, 0.2) is 0 Å². The largest absolute Gasteiger partial charge is 0.508 e. The summed E-state index contributed by atoms with van der Waals surface area (Å²) in [5, 5.41) is 9.29. The number of anilines is 1. The Morgan fingerprint density at radius 3 is 1.91 bits per heavy atom. The van der Waals surface area contributed by atoms with E-state index in [0.717, 1.165) is 25.7 Å². The Bertz CT molecular complexity index is 477. The Morgan fingerprint density at radius 1 is 0.955 bits per heavy atom. The number of carbonyl (C=O) groups is 2. The molecular formula is C17H26N2O3. The third-order valence-electron chi connectivity index (χ3n) is 3.57. The van der Waals surface area contributed by atoms with Gasteiger partial charge in [-0.1, -0.05) is 26.7 Å². The van der Waals surface area contributed by atoms with Crippen molar-refractivity contribution in [1.29, 1.82) is 0 Å². The third-order valence-corrected chi connectivity index (χ3v) is 3.57. The van der Waals surface area contributed by atoms with Crippen LogP contribution in [0.15, 0.2) is 24.3 Å². The number of hydrogen-bond acceptors (Lipinski definition) is 3. The Labute approximate surface area is 132 Å². The lowest BCUT2D eigenvalue weighted by Crippen LogP contribution is -2.44. The van der Waals surface area contributed by atoms with Crippen molar-refractivity contribution >= 4 is 17.5 Å². The van der Waals surface area contributed by atoms with Crippen molar-refractivity contribution in [2.75, 3.05) is 25.0 Å². The molecule has 1 aromatic rings. The first kappa shape index (κ1) is 18.0. The van der Waals surface area contributed by atoms with E-state index in [1.54, 1.807) is 24.1 Å². The summed E-state index contributed by atoms with van der Waals surface area (Å²) < 4.78 is 0. The molecule has 2 amide bonds. The number of unbranched alkanes of at least 4 members (excludes halogenated alkanes) is 2. The molecule has 0 saturated heterocycles. The van der Waals surface area contributed by atoms with Crippen molar-refractivity contribution in [1.82, 2.24) is 4.90 Å².